The number of benzene rings is 2. The lowest BCUT2D eigenvalue weighted by atomic mass is 9.98. The smallest absolute Gasteiger partial charge is 0.313 e. The van der Waals surface area contributed by atoms with E-state index in [4.69, 9.17) is 9.47 Å². The quantitative estimate of drug-likeness (QED) is 0.693. The normalized spacial score (nSPS) is 15.3. The first-order chi connectivity index (χ1) is 15.0. The number of carbonyl (C=O) groups excluding carboxylic acids is 3. The molecule has 0 fully saturated rings. The summed E-state index contributed by atoms with van der Waals surface area (Å²) in [5, 5.41) is 5.30. The van der Waals surface area contributed by atoms with Crippen LogP contribution in [0.5, 0.6) is 5.75 Å². The Morgan fingerprint density at radius 2 is 1.81 bits per heavy atom. The number of hydrogen-bond donors (Lipinski definition) is 2. The average molecular weight is 423 g/mol. The second kappa shape index (κ2) is 8.77. The van der Waals surface area contributed by atoms with E-state index in [2.05, 4.69) is 10.6 Å². The van der Waals surface area contributed by atoms with Crippen molar-refractivity contribution in [2.45, 2.75) is 25.4 Å². The first-order valence-corrected chi connectivity index (χ1v) is 10.2. The molecular formula is C23H25N3O5. The zero-order valence-corrected chi connectivity index (χ0v) is 17.6. The van der Waals surface area contributed by atoms with Crippen LogP contribution < -0.4 is 20.3 Å². The van der Waals surface area contributed by atoms with Gasteiger partial charge in [0.2, 0.25) is 5.91 Å². The fourth-order valence-electron chi connectivity index (χ4n) is 4.24. The van der Waals surface area contributed by atoms with Crippen molar-refractivity contribution in [2.24, 2.45) is 0 Å². The first kappa shape index (κ1) is 20.9. The lowest BCUT2D eigenvalue weighted by molar-refractivity contribution is -0.136. The average Bonchev–Trinajstić information content (AvgIpc) is 3.22. The van der Waals surface area contributed by atoms with Gasteiger partial charge >= 0.3 is 11.8 Å². The second-order valence-corrected chi connectivity index (χ2v) is 7.57. The molecule has 2 aliphatic rings. The van der Waals surface area contributed by atoms with Crippen LogP contribution in [0.1, 0.15) is 29.2 Å². The lowest BCUT2D eigenvalue weighted by Gasteiger charge is -2.25. The molecule has 162 valence electrons. The van der Waals surface area contributed by atoms with E-state index in [9.17, 15) is 14.4 Å². The SMILES string of the molecule is COc1ccccc1C(CNC(=O)C(=O)Nc1cc2c3c(c1)CCN3C(=O)CC2)OC. The first-order valence-electron chi connectivity index (χ1n) is 10.2. The van der Waals surface area contributed by atoms with Crippen LogP contribution in [0.2, 0.25) is 0 Å². The molecule has 0 saturated carbocycles. The molecule has 2 heterocycles. The maximum atomic E-state index is 12.4. The van der Waals surface area contributed by atoms with Gasteiger partial charge in [-0.05, 0) is 42.2 Å². The molecule has 0 aliphatic carbocycles. The third kappa shape index (κ3) is 4.11. The maximum Gasteiger partial charge on any atom is 0.313 e. The highest BCUT2D eigenvalue weighted by Crippen LogP contribution is 2.38. The highest BCUT2D eigenvalue weighted by Gasteiger charge is 2.31. The summed E-state index contributed by atoms with van der Waals surface area (Å²) in [5.41, 5.74) is 4.37. The van der Waals surface area contributed by atoms with Crippen molar-refractivity contribution in [3.63, 3.8) is 0 Å². The van der Waals surface area contributed by atoms with Gasteiger partial charge in [-0.25, -0.2) is 0 Å². The number of carbonyl (C=O) groups is 3. The van der Waals surface area contributed by atoms with Gasteiger partial charge in [0.25, 0.3) is 0 Å². The van der Waals surface area contributed by atoms with Crippen LogP contribution in [0.25, 0.3) is 0 Å². The summed E-state index contributed by atoms with van der Waals surface area (Å²) in [6, 6.07) is 11.1. The van der Waals surface area contributed by atoms with Gasteiger partial charge in [-0.1, -0.05) is 18.2 Å². The highest BCUT2D eigenvalue weighted by molar-refractivity contribution is 6.39. The van der Waals surface area contributed by atoms with Crippen molar-refractivity contribution < 1.29 is 23.9 Å². The molecule has 0 aromatic heterocycles. The molecule has 3 amide bonds. The molecule has 31 heavy (non-hydrogen) atoms. The number of rotatable bonds is 6. The molecule has 2 aliphatic heterocycles. The van der Waals surface area contributed by atoms with Crippen molar-refractivity contribution in [1.29, 1.82) is 0 Å². The Kier molecular flexibility index (Phi) is 5.90. The zero-order chi connectivity index (χ0) is 22.0. The minimum atomic E-state index is -0.747. The predicted octanol–water partition coefficient (Wildman–Crippen LogP) is 1.97. The molecule has 4 rings (SSSR count). The van der Waals surface area contributed by atoms with E-state index in [0.717, 1.165) is 28.8 Å². The molecule has 0 bridgehead atoms. The van der Waals surface area contributed by atoms with Crippen LogP contribution in [-0.2, 0) is 32.0 Å². The summed E-state index contributed by atoms with van der Waals surface area (Å²) < 4.78 is 10.8. The number of amides is 3. The number of anilines is 2. The Morgan fingerprint density at radius 3 is 2.55 bits per heavy atom. The number of methoxy groups -OCH3 is 2. The number of para-hydroxylation sites is 1. The van der Waals surface area contributed by atoms with E-state index in [1.165, 1.54) is 7.11 Å². The monoisotopic (exact) mass is 423 g/mol. The number of nitrogens with one attached hydrogen (secondary N) is 2. The van der Waals surface area contributed by atoms with Gasteiger partial charge in [0, 0.05) is 37.9 Å². The largest absolute Gasteiger partial charge is 0.496 e. The van der Waals surface area contributed by atoms with Gasteiger partial charge in [0.1, 0.15) is 11.9 Å². The summed E-state index contributed by atoms with van der Waals surface area (Å²) in [6.07, 6.45) is 1.40. The van der Waals surface area contributed by atoms with Gasteiger partial charge in [-0.2, -0.15) is 0 Å². The Morgan fingerprint density at radius 1 is 1.06 bits per heavy atom. The van der Waals surface area contributed by atoms with E-state index in [1.807, 2.05) is 41.3 Å². The topological polar surface area (TPSA) is 97.0 Å². The highest BCUT2D eigenvalue weighted by atomic mass is 16.5. The number of hydrogen-bond acceptors (Lipinski definition) is 5. The Balaban J connectivity index is 1.40. The fraction of sp³-hybridized carbons (Fsp3) is 0.348. The van der Waals surface area contributed by atoms with Gasteiger partial charge in [-0.15, -0.1) is 0 Å². The maximum absolute atomic E-state index is 12.4. The van der Waals surface area contributed by atoms with Crippen LogP contribution in [0.4, 0.5) is 11.4 Å². The van der Waals surface area contributed by atoms with Crippen molar-refractivity contribution in [1.82, 2.24) is 5.32 Å². The van der Waals surface area contributed by atoms with Crippen molar-refractivity contribution >= 4 is 29.1 Å². The molecule has 8 heteroatoms. The summed E-state index contributed by atoms with van der Waals surface area (Å²) in [5.74, 6) is -0.704. The standard InChI is InChI=1S/C23H25N3O5/c1-30-18-6-4-3-5-17(18)19(31-2)13-24-22(28)23(29)25-16-11-14-7-8-20(27)26-10-9-15(12-16)21(14)26/h3-6,11-12,19H,7-10,13H2,1-2H3,(H,24,28)(H,25,29). The van der Waals surface area contributed by atoms with Gasteiger partial charge in [-0.3, -0.25) is 14.4 Å². The third-order valence-corrected chi connectivity index (χ3v) is 5.73. The molecule has 0 saturated heterocycles. The lowest BCUT2D eigenvalue weighted by Crippen LogP contribution is -2.38. The third-order valence-electron chi connectivity index (χ3n) is 5.73. The zero-order valence-electron chi connectivity index (χ0n) is 17.6. The summed E-state index contributed by atoms with van der Waals surface area (Å²) >= 11 is 0. The summed E-state index contributed by atoms with van der Waals surface area (Å²) in [7, 11) is 3.10. The van der Waals surface area contributed by atoms with Crippen LogP contribution >= 0.6 is 0 Å². The molecule has 2 N–H and O–H groups in total. The van der Waals surface area contributed by atoms with Crippen molar-refractivity contribution in [2.75, 3.05) is 37.5 Å². The van der Waals surface area contributed by atoms with E-state index < -0.39 is 17.9 Å². The van der Waals surface area contributed by atoms with Crippen LogP contribution in [0, 0.1) is 0 Å². The van der Waals surface area contributed by atoms with Crippen molar-refractivity contribution in [3.8, 4) is 5.75 Å². The Hall–Kier alpha value is -3.39. The van der Waals surface area contributed by atoms with E-state index in [-0.39, 0.29) is 12.5 Å². The minimum Gasteiger partial charge on any atom is -0.496 e. The van der Waals surface area contributed by atoms with E-state index >= 15 is 0 Å². The number of nitrogens with zero attached hydrogens (tertiary/aromatic N) is 1. The molecule has 0 radical (unpaired) electrons. The second-order valence-electron chi connectivity index (χ2n) is 7.57. The fourth-order valence-corrected chi connectivity index (χ4v) is 4.24. The molecule has 2 aromatic rings. The van der Waals surface area contributed by atoms with E-state index in [0.29, 0.717) is 30.8 Å². The molecule has 1 unspecified atom stereocenters. The Labute approximate surface area is 180 Å². The van der Waals surface area contributed by atoms with Gasteiger partial charge in [0.05, 0.1) is 12.8 Å². The van der Waals surface area contributed by atoms with Gasteiger partial charge in [0.15, 0.2) is 0 Å². The van der Waals surface area contributed by atoms with Crippen LogP contribution in [0.3, 0.4) is 0 Å². The van der Waals surface area contributed by atoms with Crippen LogP contribution in [0.15, 0.2) is 36.4 Å². The van der Waals surface area contributed by atoms with Crippen molar-refractivity contribution in [3.05, 3.63) is 53.1 Å². The molecule has 1 atom stereocenters. The Bertz CT molecular complexity index is 1040. The molecular weight excluding hydrogens is 398 g/mol. The number of ether oxygens (including phenoxy) is 2. The summed E-state index contributed by atoms with van der Waals surface area (Å²) in [4.78, 5) is 38.7. The molecule has 2 aromatic carbocycles. The van der Waals surface area contributed by atoms with Gasteiger partial charge < -0.3 is 25.0 Å². The van der Waals surface area contributed by atoms with E-state index in [1.54, 1.807) is 7.11 Å². The predicted molar refractivity (Wildman–Crippen MR) is 115 cm³/mol. The number of aryl methyl sites for hydroxylation is 1. The minimum absolute atomic E-state index is 0.121. The molecule has 0 spiro atoms. The molecule has 8 nitrogen and oxygen atoms in total. The van der Waals surface area contributed by atoms with Crippen LogP contribution in [-0.4, -0.2) is 45.0 Å². The summed E-state index contributed by atoms with van der Waals surface area (Å²) in [6.45, 7) is 0.788.